The van der Waals surface area contributed by atoms with Crippen LogP contribution in [0.4, 0.5) is 5.69 Å². The molecule has 1 aromatic carbocycles. The zero-order valence-corrected chi connectivity index (χ0v) is 12.7. The molecule has 0 saturated heterocycles. The number of aliphatic hydroxyl groups is 1. The number of amides is 1. The lowest BCUT2D eigenvalue weighted by Crippen LogP contribution is -2.44. The quantitative estimate of drug-likeness (QED) is 0.780. The Balaban J connectivity index is 1.84. The highest BCUT2D eigenvalue weighted by Gasteiger charge is 2.26. The summed E-state index contributed by atoms with van der Waals surface area (Å²) in [4.78, 5) is 12.0. The molecule has 4 heteroatoms. The predicted octanol–water partition coefficient (Wildman–Crippen LogP) is 2.59. The van der Waals surface area contributed by atoms with Crippen LogP contribution in [0.3, 0.4) is 0 Å². The monoisotopic (exact) mass is 290 g/mol. The van der Waals surface area contributed by atoms with Crippen molar-refractivity contribution in [3.63, 3.8) is 0 Å². The number of hydrogen-bond acceptors (Lipinski definition) is 3. The number of nitrogens with two attached hydrogens (primary N) is 1. The first kappa shape index (κ1) is 16.0. The van der Waals surface area contributed by atoms with Crippen LogP contribution in [-0.4, -0.2) is 23.2 Å². The predicted molar refractivity (Wildman–Crippen MR) is 85.0 cm³/mol. The van der Waals surface area contributed by atoms with Gasteiger partial charge in [-0.2, -0.15) is 0 Å². The lowest BCUT2D eigenvalue weighted by Gasteiger charge is -2.26. The van der Waals surface area contributed by atoms with Crippen molar-refractivity contribution in [2.45, 2.75) is 57.6 Å². The molecule has 1 saturated carbocycles. The Hall–Kier alpha value is -1.39. The smallest absolute Gasteiger partial charge is 0.254 e. The first-order valence-electron chi connectivity index (χ1n) is 7.87. The third kappa shape index (κ3) is 4.83. The fraction of sp³-hybridized carbons (Fsp3) is 0.588. The second kappa shape index (κ2) is 7.57. The topological polar surface area (TPSA) is 75.3 Å². The molecule has 4 nitrogen and oxygen atoms in total. The van der Waals surface area contributed by atoms with Crippen molar-refractivity contribution in [1.82, 2.24) is 0 Å². The number of aliphatic hydroxyl groups excluding tert-OH is 1. The van der Waals surface area contributed by atoms with E-state index in [2.05, 4.69) is 5.32 Å². The highest BCUT2D eigenvalue weighted by molar-refractivity contribution is 5.94. The minimum atomic E-state index is -1.15. The number of carbonyl (C=O) groups is 1. The van der Waals surface area contributed by atoms with Crippen LogP contribution in [0.25, 0.3) is 0 Å². The van der Waals surface area contributed by atoms with Gasteiger partial charge < -0.3 is 16.2 Å². The molecule has 2 atom stereocenters. The number of nitrogens with one attached hydrogen (secondary N) is 1. The Morgan fingerprint density at radius 3 is 2.52 bits per heavy atom. The maximum Gasteiger partial charge on any atom is 0.254 e. The minimum Gasteiger partial charge on any atom is -0.382 e. The molecule has 0 bridgehead atoms. The molecular weight excluding hydrogens is 264 g/mol. The Morgan fingerprint density at radius 1 is 1.29 bits per heavy atom. The Morgan fingerprint density at radius 2 is 1.90 bits per heavy atom. The van der Waals surface area contributed by atoms with Gasteiger partial charge in [0.15, 0.2) is 0 Å². The van der Waals surface area contributed by atoms with Gasteiger partial charge in [-0.1, -0.05) is 49.8 Å². The molecule has 0 aliphatic heterocycles. The first-order chi connectivity index (χ1) is 10.1. The van der Waals surface area contributed by atoms with E-state index in [0.29, 0.717) is 11.6 Å². The molecule has 0 heterocycles. The summed E-state index contributed by atoms with van der Waals surface area (Å²) in [6.07, 6.45) is 5.68. The van der Waals surface area contributed by atoms with Gasteiger partial charge >= 0.3 is 0 Å². The lowest BCUT2D eigenvalue weighted by atomic mass is 9.84. The van der Waals surface area contributed by atoms with Gasteiger partial charge in [0.1, 0.15) is 6.10 Å². The summed E-state index contributed by atoms with van der Waals surface area (Å²) in [6, 6.07) is 7.01. The third-order valence-electron chi connectivity index (χ3n) is 4.32. The van der Waals surface area contributed by atoms with Gasteiger partial charge in [0.25, 0.3) is 5.91 Å². The van der Waals surface area contributed by atoms with Crippen LogP contribution < -0.4 is 11.1 Å². The van der Waals surface area contributed by atoms with Gasteiger partial charge in [0.05, 0.1) is 0 Å². The van der Waals surface area contributed by atoms with Crippen molar-refractivity contribution >= 4 is 11.6 Å². The SMILES string of the molecule is Cc1ccc(NC(=O)C(O)[C@H](N)CC2CCCCC2)cc1. The normalized spacial score (nSPS) is 19.0. The first-order valence-corrected chi connectivity index (χ1v) is 7.87. The lowest BCUT2D eigenvalue weighted by molar-refractivity contribution is -0.125. The number of carbonyl (C=O) groups excluding carboxylic acids is 1. The molecule has 1 aliphatic carbocycles. The van der Waals surface area contributed by atoms with Crippen LogP contribution in [-0.2, 0) is 4.79 Å². The largest absolute Gasteiger partial charge is 0.382 e. The van der Waals surface area contributed by atoms with Crippen LogP contribution in [0.5, 0.6) is 0 Å². The van der Waals surface area contributed by atoms with Crippen molar-refractivity contribution in [2.75, 3.05) is 5.32 Å². The van der Waals surface area contributed by atoms with Gasteiger partial charge in [-0.15, -0.1) is 0 Å². The van der Waals surface area contributed by atoms with E-state index in [9.17, 15) is 9.90 Å². The molecule has 0 aromatic heterocycles. The molecular formula is C17H26N2O2. The van der Waals surface area contributed by atoms with Gasteiger partial charge in [0.2, 0.25) is 0 Å². The molecule has 21 heavy (non-hydrogen) atoms. The van der Waals surface area contributed by atoms with E-state index in [1.807, 2.05) is 31.2 Å². The average Bonchev–Trinajstić information content (AvgIpc) is 2.49. The van der Waals surface area contributed by atoms with Gasteiger partial charge in [-0.05, 0) is 31.4 Å². The summed E-state index contributed by atoms with van der Waals surface area (Å²) in [7, 11) is 0. The van der Waals surface area contributed by atoms with E-state index < -0.39 is 18.1 Å². The number of hydrogen-bond donors (Lipinski definition) is 3. The van der Waals surface area contributed by atoms with E-state index in [0.717, 1.165) is 12.0 Å². The van der Waals surface area contributed by atoms with Crippen LogP contribution in [0.1, 0.15) is 44.1 Å². The Bertz CT molecular complexity index is 452. The van der Waals surface area contributed by atoms with Crippen molar-refractivity contribution in [3.8, 4) is 0 Å². The number of benzene rings is 1. The van der Waals surface area contributed by atoms with E-state index in [1.54, 1.807) is 0 Å². The second-order valence-corrected chi connectivity index (χ2v) is 6.20. The van der Waals surface area contributed by atoms with Crippen LogP contribution in [0.2, 0.25) is 0 Å². The zero-order chi connectivity index (χ0) is 15.2. The van der Waals surface area contributed by atoms with E-state index in [1.165, 1.54) is 32.1 Å². The number of rotatable bonds is 5. The fourth-order valence-corrected chi connectivity index (χ4v) is 2.98. The average molecular weight is 290 g/mol. The van der Waals surface area contributed by atoms with Gasteiger partial charge in [-0.3, -0.25) is 4.79 Å². The summed E-state index contributed by atoms with van der Waals surface area (Å²) in [5, 5.41) is 12.8. The van der Waals surface area contributed by atoms with Crippen LogP contribution >= 0.6 is 0 Å². The highest BCUT2D eigenvalue weighted by Crippen LogP contribution is 2.27. The molecule has 2 rings (SSSR count). The molecule has 1 fully saturated rings. The minimum absolute atomic E-state index is 0.415. The standard InChI is InChI=1S/C17H26N2O2/c1-12-7-9-14(10-8-12)19-17(21)16(20)15(18)11-13-5-3-2-4-6-13/h7-10,13,15-16,20H,2-6,11,18H2,1H3,(H,19,21)/t15-,16?/m1/s1. The van der Waals surface area contributed by atoms with Crippen molar-refractivity contribution in [3.05, 3.63) is 29.8 Å². The number of anilines is 1. The molecule has 1 aliphatic rings. The van der Waals surface area contributed by atoms with Crippen molar-refractivity contribution < 1.29 is 9.90 Å². The van der Waals surface area contributed by atoms with Gasteiger partial charge in [0, 0.05) is 11.7 Å². The molecule has 0 spiro atoms. The molecule has 116 valence electrons. The Kier molecular flexibility index (Phi) is 5.76. The molecule has 1 unspecified atom stereocenters. The summed E-state index contributed by atoms with van der Waals surface area (Å²) >= 11 is 0. The van der Waals surface area contributed by atoms with Gasteiger partial charge in [-0.25, -0.2) is 0 Å². The maximum absolute atomic E-state index is 12.0. The fourth-order valence-electron chi connectivity index (χ4n) is 2.98. The van der Waals surface area contributed by atoms with E-state index in [4.69, 9.17) is 5.73 Å². The van der Waals surface area contributed by atoms with Crippen LogP contribution in [0, 0.1) is 12.8 Å². The highest BCUT2D eigenvalue weighted by atomic mass is 16.3. The van der Waals surface area contributed by atoms with Crippen molar-refractivity contribution in [2.24, 2.45) is 11.7 Å². The molecule has 1 amide bonds. The second-order valence-electron chi connectivity index (χ2n) is 6.20. The maximum atomic E-state index is 12.0. The zero-order valence-electron chi connectivity index (χ0n) is 12.7. The summed E-state index contributed by atoms with van der Waals surface area (Å²) < 4.78 is 0. The summed E-state index contributed by atoms with van der Waals surface area (Å²) in [5.41, 5.74) is 7.83. The Labute approximate surface area is 126 Å². The third-order valence-corrected chi connectivity index (χ3v) is 4.32. The molecule has 1 aromatic rings. The number of aryl methyl sites for hydroxylation is 1. The summed E-state index contributed by atoms with van der Waals surface area (Å²) in [5.74, 6) is 0.137. The molecule has 0 radical (unpaired) electrons. The molecule has 4 N–H and O–H groups in total. The van der Waals surface area contributed by atoms with Crippen molar-refractivity contribution in [1.29, 1.82) is 0 Å². The summed E-state index contributed by atoms with van der Waals surface area (Å²) in [6.45, 7) is 1.99. The van der Waals surface area contributed by atoms with E-state index in [-0.39, 0.29) is 0 Å². The van der Waals surface area contributed by atoms with E-state index >= 15 is 0 Å². The van der Waals surface area contributed by atoms with Crippen LogP contribution in [0.15, 0.2) is 24.3 Å².